The number of rotatable bonds is 11. The zero-order valence-corrected chi connectivity index (χ0v) is 15.8. The smallest absolute Gasteiger partial charge is 0.408 e. The number of nitrogens with zero attached hydrogens (tertiary/aromatic N) is 3. The Bertz CT molecular complexity index is 493. The first kappa shape index (κ1) is 22.8. The van der Waals surface area contributed by atoms with Crippen molar-refractivity contribution in [2.75, 3.05) is 13.1 Å². The third-order valence-electron chi connectivity index (χ3n) is 3.25. The summed E-state index contributed by atoms with van der Waals surface area (Å²) in [5, 5.41) is 9.03. The van der Waals surface area contributed by atoms with Gasteiger partial charge in [-0.15, -0.1) is 0 Å². The summed E-state index contributed by atoms with van der Waals surface area (Å²) in [7, 11) is 0. The van der Waals surface area contributed by atoms with Gasteiger partial charge in [-0.25, -0.2) is 4.79 Å². The standard InChI is InChI=1S/C17H31N5O3/c1-13(2)14(21-16(24)25-17(3,4)5)9-6-7-11-19-15(23)10-8-12-20-22-18/h14H,1,6-12H2,2-5H3,(H,19,23)(H,21,24)/t14-/m0/s1. The SMILES string of the molecule is C=C(C)[C@H](CCCCNC(=O)CCCN=[N+]=[N-])NC(=O)OC(C)(C)C. The predicted octanol–water partition coefficient (Wildman–Crippen LogP) is 3.83. The normalized spacial score (nSPS) is 11.8. The molecule has 0 rings (SSSR count). The maximum Gasteiger partial charge on any atom is 0.408 e. The van der Waals surface area contributed by atoms with Crippen LogP contribution in [0.5, 0.6) is 0 Å². The Morgan fingerprint density at radius 2 is 1.96 bits per heavy atom. The molecule has 8 heteroatoms. The summed E-state index contributed by atoms with van der Waals surface area (Å²) in [5.41, 5.74) is 8.48. The number of hydrogen-bond donors (Lipinski definition) is 2. The molecule has 0 fully saturated rings. The molecule has 0 unspecified atom stereocenters. The van der Waals surface area contributed by atoms with E-state index in [0.717, 1.165) is 24.8 Å². The minimum atomic E-state index is -0.535. The van der Waals surface area contributed by atoms with Gasteiger partial charge in [0, 0.05) is 24.4 Å². The monoisotopic (exact) mass is 353 g/mol. The number of azide groups is 1. The fourth-order valence-corrected chi connectivity index (χ4v) is 2.04. The van der Waals surface area contributed by atoms with Gasteiger partial charge in [-0.05, 0) is 58.9 Å². The summed E-state index contributed by atoms with van der Waals surface area (Å²) in [5.74, 6) is -0.0449. The number of amides is 2. The summed E-state index contributed by atoms with van der Waals surface area (Å²) in [6.45, 7) is 12.1. The van der Waals surface area contributed by atoms with E-state index in [4.69, 9.17) is 10.3 Å². The summed E-state index contributed by atoms with van der Waals surface area (Å²) in [6.07, 6.45) is 2.84. The molecule has 0 aromatic heterocycles. The van der Waals surface area contributed by atoms with Crippen molar-refractivity contribution >= 4 is 12.0 Å². The van der Waals surface area contributed by atoms with Gasteiger partial charge in [-0.1, -0.05) is 17.3 Å². The molecule has 0 heterocycles. The van der Waals surface area contributed by atoms with Gasteiger partial charge in [0.05, 0.1) is 6.04 Å². The van der Waals surface area contributed by atoms with E-state index >= 15 is 0 Å². The molecule has 2 amide bonds. The molecule has 0 bridgehead atoms. The third kappa shape index (κ3) is 13.9. The topological polar surface area (TPSA) is 116 Å². The average molecular weight is 353 g/mol. The molecule has 0 aromatic rings. The summed E-state index contributed by atoms with van der Waals surface area (Å²) >= 11 is 0. The van der Waals surface area contributed by atoms with E-state index < -0.39 is 11.7 Å². The maximum atomic E-state index is 11.8. The lowest BCUT2D eigenvalue weighted by Crippen LogP contribution is -2.39. The summed E-state index contributed by atoms with van der Waals surface area (Å²) < 4.78 is 5.25. The van der Waals surface area contributed by atoms with Crippen LogP contribution in [-0.4, -0.2) is 36.7 Å². The van der Waals surface area contributed by atoms with Crippen molar-refractivity contribution in [1.82, 2.24) is 10.6 Å². The van der Waals surface area contributed by atoms with Crippen molar-refractivity contribution in [2.24, 2.45) is 5.11 Å². The molecule has 2 N–H and O–H groups in total. The summed E-state index contributed by atoms with van der Waals surface area (Å²) in [4.78, 5) is 26.0. The van der Waals surface area contributed by atoms with Gasteiger partial charge < -0.3 is 15.4 Å². The number of nitrogens with one attached hydrogen (secondary N) is 2. The number of alkyl carbamates (subject to hydrolysis) is 1. The minimum Gasteiger partial charge on any atom is -0.444 e. The third-order valence-corrected chi connectivity index (χ3v) is 3.25. The predicted molar refractivity (Wildman–Crippen MR) is 98.1 cm³/mol. The Morgan fingerprint density at radius 1 is 1.28 bits per heavy atom. The second-order valence-electron chi connectivity index (χ2n) is 6.95. The number of hydrogen-bond acceptors (Lipinski definition) is 4. The Labute approximate surface area is 150 Å². The molecule has 0 aliphatic heterocycles. The van der Waals surface area contributed by atoms with Gasteiger partial charge in [-0.2, -0.15) is 0 Å². The first-order valence-corrected chi connectivity index (χ1v) is 8.58. The van der Waals surface area contributed by atoms with E-state index in [0.29, 0.717) is 25.9 Å². The molecule has 0 saturated carbocycles. The van der Waals surface area contributed by atoms with Crippen LogP contribution in [0.1, 0.15) is 59.8 Å². The molecule has 0 aliphatic rings. The van der Waals surface area contributed by atoms with Crippen molar-refractivity contribution in [2.45, 2.75) is 71.4 Å². The zero-order valence-electron chi connectivity index (χ0n) is 15.8. The molecule has 0 radical (unpaired) electrons. The molecular weight excluding hydrogens is 322 g/mol. The first-order chi connectivity index (χ1) is 11.7. The highest BCUT2D eigenvalue weighted by atomic mass is 16.6. The largest absolute Gasteiger partial charge is 0.444 e. The van der Waals surface area contributed by atoms with Crippen LogP contribution < -0.4 is 10.6 Å². The second kappa shape index (κ2) is 12.2. The zero-order chi connectivity index (χ0) is 19.3. The van der Waals surface area contributed by atoms with Crippen LogP contribution >= 0.6 is 0 Å². The Kier molecular flexibility index (Phi) is 11.1. The number of ether oxygens (including phenoxy) is 1. The highest BCUT2D eigenvalue weighted by Crippen LogP contribution is 2.11. The lowest BCUT2D eigenvalue weighted by atomic mass is 10.0. The molecular formula is C17H31N5O3. The van der Waals surface area contributed by atoms with E-state index in [1.165, 1.54) is 0 Å². The molecule has 0 aromatic carbocycles. The Morgan fingerprint density at radius 3 is 2.52 bits per heavy atom. The van der Waals surface area contributed by atoms with Crippen molar-refractivity contribution < 1.29 is 14.3 Å². The van der Waals surface area contributed by atoms with Crippen molar-refractivity contribution in [3.05, 3.63) is 22.6 Å². The molecule has 0 spiro atoms. The van der Waals surface area contributed by atoms with Gasteiger partial charge in [0.15, 0.2) is 0 Å². The first-order valence-electron chi connectivity index (χ1n) is 8.58. The highest BCUT2D eigenvalue weighted by Gasteiger charge is 2.19. The van der Waals surface area contributed by atoms with Crippen LogP contribution in [-0.2, 0) is 9.53 Å². The van der Waals surface area contributed by atoms with Crippen LogP contribution in [0.25, 0.3) is 10.4 Å². The van der Waals surface area contributed by atoms with Crippen molar-refractivity contribution in [3.8, 4) is 0 Å². The molecule has 25 heavy (non-hydrogen) atoms. The van der Waals surface area contributed by atoms with Crippen molar-refractivity contribution in [3.63, 3.8) is 0 Å². The van der Waals surface area contributed by atoms with Gasteiger partial charge >= 0.3 is 6.09 Å². The van der Waals surface area contributed by atoms with Crippen LogP contribution in [0, 0.1) is 0 Å². The van der Waals surface area contributed by atoms with E-state index in [2.05, 4.69) is 27.2 Å². The molecule has 0 aliphatic carbocycles. The number of unbranched alkanes of at least 4 members (excludes halogenated alkanes) is 1. The van der Waals surface area contributed by atoms with Crippen LogP contribution in [0.15, 0.2) is 17.3 Å². The van der Waals surface area contributed by atoms with Gasteiger partial charge in [0.2, 0.25) is 5.91 Å². The minimum absolute atomic E-state index is 0.0449. The van der Waals surface area contributed by atoms with E-state index in [-0.39, 0.29) is 11.9 Å². The number of carbonyl (C=O) groups is 2. The van der Waals surface area contributed by atoms with E-state index in [1.54, 1.807) is 0 Å². The summed E-state index contributed by atoms with van der Waals surface area (Å²) in [6, 6.07) is -0.144. The fraction of sp³-hybridized carbons (Fsp3) is 0.765. The average Bonchev–Trinajstić information content (AvgIpc) is 2.48. The molecule has 8 nitrogen and oxygen atoms in total. The quantitative estimate of drug-likeness (QED) is 0.193. The van der Waals surface area contributed by atoms with Gasteiger partial charge in [0.1, 0.15) is 5.60 Å². The van der Waals surface area contributed by atoms with Gasteiger partial charge in [0.25, 0.3) is 0 Å². The lowest BCUT2D eigenvalue weighted by molar-refractivity contribution is -0.121. The lowest BCUT2D eigenvalue weighted by Gasteiger charge is -2.24. The Hall–Kier alpha value is -2.21. The van der Waals surface area contributed by atoms with Crippen LogP contribution in [0.2, 0.25) is 0 Å². The second-order valence-corrected chi connectivity index (χ2v) is 6.95. The Balaban J connectivity index is 3.97. The van der Waals surface area contributed by atoms with E-state index in [9.17, 15) is 9.59 Å². The highest BCUT2D eigenvalue weighted by molar-refractivity contribution is 5.75. The number of carbonyl (C=O) groups excluding carboxylic acids is 2. The molecule has 0 saturated heterocycles. The maximum absolute atomic E-state index is 11.8. The van der Waals surface area contributed by atoms with Crippen LogP contribution in [0.4, 0.5) is 4.79 Å². The van der Waals surface area contributed by atoms with Gasteiger partial charge in [-0.3, -0.25) is 4.79 Å². The molecule has 1 atom stereocenters. The van der Waals surface area contributed by atoms with E-state index in [1.807, 2.05) is 27.7 Å². The fourth-order valence-electron chi connectivity index (χ4n) is 2.04. The van der Waals surface area contributed by atoms with Crippen molar-refractivity contribution in [1.29, 1.82) is 0 Å². The van der Waals surface area contributed by atoms with Crippen LogP contribution in [0.3, 0.4) is 0 Å². The molecule has 142 valence electrons.